The molecule has 10 rings (SSSR count). The molecule has 10 aromatic carbocycles. The number of aliphatic imine (C=N–C) groups is 4. The summed E-state index contributed by atoms with van der Waals surface area (Å²) in [6.07, 6.45) is 1.77. The number of benzene rings is 10. The van der Waals surface area contributed by atoms with Crippen molar-refractivity contribution in [3.05, 3.63) is 376 Å². The molecule has 10 aromatic rings. The Morgan fingerprint density at radius 1 is 0.280 bits per heavy atom. The largest absolute Gasteiger partial charge is 3.00 e. The van der Waals surface area contributed by atoms with Crippen LogP contribution in [0.4, 0.5) is 11.4 Å². The van der Waals surface area contributed by atoms with Crippen LogP contribution in [0.5, 0.6) is 0 Å². The summed E-state index contributed by atoms with van der Waals surface area (Å²) < 4.78 is 0. The van der Waals surface area contributed by atoms with Gasteiger partial charge < -0.3 is 61.4 Å². The number of hydrogen-bond donors (Lipinski definition) is 2. The minimum atomic E-state index is -1.60. The molecular formula is C98H124N14Si4Y2. The van der Waals surface area contributed by atoms with E-state index in [-0.39, 0.29) is 65.4 Å². The van der Waals surface area contributed by atoms with Crippen LogP contribution in [0.25, 0.3) is 30.6 Å². The van der Waals surface area contributed by atoms with Gasteiger partial charge in [0.2, 0.25) is 0 Å². The standard InChI is InChI=1S/2C23H34N4Si2.2C19H23N2.2C7H5N.2Y/c2*1-28(2,3)26-22(20-14-9-7-10-15-20)24-18-13-19-25-23(27-29(4,5)6)21-16-11-8-12-17-21;2*1-13(2)16-11-8-12-17(14(3)4)18(16)21-19(20)15-9-6-5-7-10-15;2*8-6-7-4-2-1-3-5-7;;/h2*7-12,14-17H,13,18-19H2,1-6H3;2*5-14H,1-4H3,(H-,20,21);2*1-5H;;/q2*-2;2*-1;;;2*+3. The molecule has 0 aliphatic rings. The van der Waals surface area contributed by atoms with Crippen LogP contribution >= 0.6 is 0 Å². The summed E-state index contributed by atoms with van der Waals surface area (Å²) in [4.78, 5) is 39.1. The molecule has 0 atom stereocenters. The van der Waals surface area contributed by atoms with E-state index in [1.807, 2.05) is 182 Å². The van der Waals surface area contributed by atoms with E-state index in [0.717, 1.165) is 107 Å². The summed E-state index contributed by atoms with van der Waals surface area (Å²) in [6.45, 7) is 47.1. The zero-order chi connectivity index (χ0) is 85.1. The maximum absolute atomic E-state index is 8.29. The Balaban J connectivity index is 0.000000382. The summed E-state index contributed by atoms with van der Waals surface area (Å²) >= 11 is 0. The molecule has 608 valence electrons. The normalized spacial score (nSPS) is 11.5. The number of amidine groups is 6. The van der Waals surface area contributed by atoms with Gasteiger partial charge in [-0.25, -0.2) is 0 Å². The van der Waals surface area contributed by atoms with Crippen LogP contribution in [-0.4, -0.2) is 94.1 Å². The molecule has 0 spiro atoms. The van der Waals surface area contributed by atoms with E-state index in [1.54, 1.807) is 24.3 Å². The van der Waals surface area contributed by atoms with Crippen molar-refractivity contribution in [2.75, 3.05) is 26.2 Å². The van der Waals surface area contributed by atoms with Crippen molar-refractivity contribution in [3.63, 3.8) is 0 Å². The Hall–Kier alpha value is -8.92. The van der Waals surface area contributed by atoms with E-state index < -0.39 is 32.9 Å². The number of nitriles is 2. The minimum Gasteiger partial charge on any atom is -0.482 e. The van der Waals surface area contributed by atoms with Crippen LogP contribution in [0, 0.1) is 33.5 Å². The molecule has 2 N–H and O–H groups in total. The molecule has 0 aliphatic carbocycles. The molecule has 14 nitrogen and oxygen atoms in total. The van der Waals surface area contributed by atoms with E-state index in [9.17, 15) is 0 Å². The fourth-order valence-corrected chi connectivity index (χ4v) is 14.5. The molecule has 0 bridgehead atoms. The molecule has 0 aromatic heterocycles. The van der Waals surface area contributed by atoms with Crippen LogP contribution in [0.1, 0.15) is 159 Å². The quantitative estimate of drug-likeness (QED) is 0.0260. The first kappa shape index (κ1) is 103. The smallest absolute Gasteiger partial charge is 0.482 e. The van der Waals surface area contributed by atoms with Crippen molar-refractivity contribution in [2.24, 2.45) is 20.0 Å². The van der Waals surface area contributed by atoms with Crippen molar-refractivity contribution >= 4 is 79.3 Å². The zero-order valence-corrected chi connectivity index (χ0v) is 83.3. The van der Waals surface area contributed by atoms with Gasteiger partial charge in [0.25, 0.3) is 0 Å². The van der Waals surface area contributed by atoms with Gasteiger partial charge in [-0.3, -0.25) is 0 Å². The van der Waals surface area contributed by atoms with Crippen LogP contribution in [-0.2, 0) is 65.4 Å². The average molecular weight is 1790 g/mol. The number of nitrogens with zero attached hydrogens (tertiary/aromatic N) is 12. The summed E-state index contributed by atoms with van der Waals surface area (Å²) in [5.41, 5.74) is 14.3. The summed E-state index contributed by atoms with van der Waals surface area (Å²) in [5.74, 6) is 5.74. The van der Waals surface area contributed by atoms with Crippen molar-refractivity contribution < 1.29 is 65.4 Å². The third kappa shape index (κ3) is 41.2. The predicted molar refractivity (Wildman–Crippen MR) is 512 cm³/mol. The fraction of sp³-hybridized carbons (Fsp3) is 0.306. The van der Waals surface area contributed by atoms with Gasteiger partial charge in [0.15, 0.2) is 0 Å². The number of nitrogens with one attached hydrogen (secondary N) is 2. The Kier molecular flexibility index (Phi) is 47.5. The van der Waals surface area contributed by atoms with Gasteiger partial charge >= 0.3 is 65.4 Å². The monoisotopic (exact) mass is 1790 g/mol. The van der Waals surface area contributed by atoms with Crippen LogP contribution < -0.4 is 0 Å². The second-order valence-corrected chi connectivity index (χ2v) is 51.2. The molecule has 0 unspecified atom stereocenters. The first-order valence-electron chi connectivity index (χ1n) is 40.3. The van der Waals surface area contributed by atoms with Gasteiger partial charge in [0.05, 0.1) is 23.3 Å². The van der Waals surface area contributed by atoms with Crippen molar-refractivity contribution in [1.29, 1.82) is 21.3 Å². The molecule has 0 fully saturated rings. The van der Waals surface area contributed by atoms with E-state index in [2.05, 4.69) is 230 Å². The Morgan fingerprint density at radius 2 is 0.458 bits per heavy atom. The molecule has 0 aliphatic heterocycles. The second-order valence-electron chi connectivity index (χ2n) is 32.9. The Bertz CT molecular complexity index is 4250. The topological polar surface area (TPSA) is 229 Å². The third-order valence-corrected chi connectivity index (χ3v) is 20.1. The number of rotatable bonds is 24. The summed E-state index contributed by atoms with van der Waals surface area (Å²) in [7, 11) is -6.42. The molecule has 0 heterocycles. The fourth-order valence-electron chi connectivity index (χ4n) is 11.1. The van der Waals surface area contributed by atoms with Gasteiger partial charge in [0, 0.05) is 32.9 Å². The molecule has 0 saturated carbocycles. The van der Waals surface area contributed by atoms with E-state index in [1.165, 1.54) is 22.3 Å². The Labute approximate surface area is 763 Å². The van der Waals surface area contributed by atoms with Crippen LogP contribution in [0.3, 0.4) is 0 Å². The predicted octanol–water partition coefficient (Wildman–Crippen LogP) is 28.4. The van der Waals surface area contributed by atoms with E-state index in [0.29, 0.717) is 46.5 Å². The summed E-state index contributed by atoms with van der Waals surface area (Å²) in [5, 5.41) is 42.4. The maximum atomic E-state index is 8.29. The maximum Gasteiger partial charge on any atom is 3.00 e. The first-order valence-corrected chi connectivity index (χ1v) is 54.1. The zero-order valence-electron chi connectivity index (χ0n) is 73.6. The average Bonchev–Trinajstić information content (AvgIpc) is 0.813. The van der Waals surface area contributed by atoms with E-state index >= 15 is 0 Å². The van der Waals surface area contributed by atoms with Gasteiger partial charge in [-0.15, -0.1) is 0 Å². The molecule has 0 saturated heterocycles. The second kappa shape index (κ2) is 54.3. The number of para-hydroxylation sites is 2. The molecule has 118 heavy (non-hydrogen) atoms. The Morgan fingerprint density at radius 3 is 0.619 bits per heavy atom. The molecular weight excluding hydrogens is 1660 g/mol. The minimum absolute atomic E-state index is 0. The first-order chi connectivity index (χ1) is 55.1. The van der Waals surface area contributed by atoms with Gasteiger partial charge in [0.1, 0.15) is 0 Å². The van der Waals surface area contributed by atoms with Gasteiger partial charge in [-0.05, 0) is 115 Å². The van der Waals surface area contributed by atoms with Crippen molar-refractivity contribution in [1.82, 2.24) is 0 Å². The third-order valence-electron chi connectivity index (χ3n) is 16.6. The molecule has 0 amide bonds. The SMILES string of the molecule is CC(C)c1cccc(C(C)C)c1[N-]C(=N)c1ccccc1.CC(C)c1cccc(C(C)C)c1[N-]C(=N)c1ccccc1.C[Si](C)(C)[N-]C(=NCCCN=C([N-][Si](C)(C)C)c1ccccc1)c1ccccc1.C[Si](C)(C)[N-]C(=NCCCN=C([N-][Si](C)(C)C)c1ccccc1)c1ccccc1.N#Cc1ccccc1.N#Cc1ccccc1.[Y+3].[Y+3]. The summed E-state index contributed by atoms with van der Waals surface area (Å²) in [6, 6.07) is 95.5. The van der Waals surface area contributed by atoms with Gasteiger partial charge in [-0.2, -0.15) is 10.5 Å². The molecule has 20 heteroatoms. The number of hydrogen-bond acceptors (Lipinski definition) is 8. The van der Waals surface area contributed by atoms with Crippen LogP contribution in [0.15, 0.2) is 299 Å². The van der Waals surface area contributed by atoms with E-state index in [4.69, 9.17) is 61.2 Å². The van der Waals surface area contributed by atoms with Gasteiger partial charge in [-0.1, -0.05) is 463 Å². The van der Waals surface area contributed by atoms with Crippen molar-refractivity contribution in [3.8, 4) is 12.1 Å². The van der Waals surface area contributed by atoms with Crippen LogP contribution in [0.2, 0.25) is 78.6 Å². The molecule has 0 radical (unpaired) electrons. The van der Waals surface area contributed by atoms with Crippen molar-refractivity contribution in [2.45, 2.75) is 170 Å².